The lowest BCUT2D eigenvalue weighted by Gasteiger charge is -2.23. The number of esters is 1. The summed E-state index contributed by atoms with van der Waals surface area (Å²) < 4.78 is 15.4. The Balaban J connectivity index is 2.49. The summed E-state index contributed by atoms with van der Waals surface area (Å²) in [6, 6.07) is 1.51. The van der Waals surface area contributed by atoms with E-state index in [2.05, 4.69) is 4.74 Å². The van der Waals surface area contributed by atoms with Gasteiger partial charge in [-0.05, 0) is 13.0 Å². The SMILES string of the molecule is COC(=O)C(O)c1cc2c(c(C)c1Cl)OCCO2. The van der Waals surface area contributed by atoms with Gasteiger partial charge in [-0.25, -0.2) is 4.79 Å². The van der Waals surface area contributed by atoms with Crippen LogP contribution in [0.5, 0.6) is 11.5 Å². The second kappa shape index (κ2) is 5.04. The monoisotopic (exact) mass is 272 g/mol. The van der Waals surface area contributed by atoms with Gasteiger partial charge in [-0.3, -0.25) is 0 Å². The first-order chi connectivity index (χ1) is 8.56. The van der Waals surface area contributed by atoms with Crippen molar-refractivity contribution >= 4 is 17.6 Å². The Morgan fingerprint density at radius 2 is 2.17 bits per heavy atom. The number of aliphatic hydroxyl groups is 1. The van der Waals surface area contributed by atoms with Gasteiger partial charge in [0.15, 0.2) is 17.6 Å². The quantitative estimate of drug-likeness (QED) is 0.829. The fourth-order valence-corrected chi connectivity index (χ4v) is 2.03. The highest BCUT2D eigenvalue weighted by Gasteiger charge is 2.26. The molecule has 1 aliphatic heterocycles. The van der Waals surface area contributed by atoms with Crippen molar-refractivity contribution in [2.75, 3.05) is 20.3 Å². The van der Waals surface area contributed by atoms with Gasteiger partial charge >= 0.3 is 5.97 Å². The molecule has 0 saturated carbocycles. The minimum Gasteiger partial charge on any atom is -0.486 e. The third-order valence-electron chi connectivity index (χ3n) is 2.74. The van der Waals surface area contributed by atoms with Crippen LogP contribution in [0.25, 0.3) is 0 Å². The average molecular weight is 273 g/mol. The lowest BCUT2D eigenvalue weighted by atomic mass is 10.0. The van der Waals surface area contributed by atoms with Crippen molar-refractivity contribution in [3.8, 4) is 11.5 Å². The summed E-state index contributed by atoms with van der Waals surface area (Å²) in [6.07, 6.45) is -1.43. The Labute approximate surface area is 109 Å². The van der Waals surface area contributed by atoms with E-state index >= 15 is 0 Å². The van der Waals surface area contributed by atoms with E-state index in [1.807, 2.05) is 0 Å². The van der Waals surface area contributed by atoms with Gasteiger partial charge in [-0.2, -0.15) is 0 Å². The van der Waals surface area contributed by atoms with Crippen LogP contribution >= 0.6 is 11.6 Å². The summed E-state index contributed by atoms with van der Waals surface area (Å²) >= 11 is 6.12. The summed E-state index contributed by atoms with van der Waals surface area (Å²) in [5.41, 5.74) is 0.886. The molecule has 6 heteroatoms. The van der Waals surface area contributed by atoms with Crippen LogP contribution in [0.15, 0.2) is 6.07 Å². The van der Waals surface area contributed by atoms with Crippen molar-refractivity contribution in [2.24, 2.45) is 0 Å². The number of methoxy groups -OCH3 is 1. The van der Waals surface area contributed by atoms with E-state index in [1.54, 1.807) is 6.92 Å². The smallest absolute Gasteiger partial charge is 0.339 e. The highest BCUT2D eigenvalue weighted by molar-refractivity contribution is 6.32. The van der Waals surface area contributed by atoms with E-state index in [4.69, 9.17) is 21.1 Å². The van der Waals surface area contributed by atoms with Gasteiger partial charge in [0.1, 0.15) is 13.2 Å². The largest absolute Gasteiger partial charge is 0.486 e. The normalized spacial score (nSPS) is 15.1. The predicted molar refractivity (Wildman–Crippen MR) is 64.2 cm³/mol. The van der Waals surface area contributed by atoms with Crippen molar-refractivity contribution < 1.29 is 24.1 Å². The Morgan fingerprint density at radius 1 is 1.50 bits per heavy atom. The van der Waals surface area contributed by atoms with E-state index in [-0.39, 0.29) is 10.6 Å². The molecule has 1 heterocycles. The second-order valence-corrected chi connectivity index (χ2v) is 4.23. The summed E-state index contributed by atoms with van der Waals surface area (Å²) in [5.74, 6) is 0.251. The molecule has 0 aliphatic carbocycles. The molecule has 18 heavy (non-hydrogen) atoms. The minimum absolute atomic E-state index is 0.255. The van der Waals surface area contributed by atoms with Gasteiger partial charge in [-0.15, -0.1) is 0 Å². The highest BCUT2D eigenvalue weighted by Crippen LogP contribution is 2.41. The van der Waals surface area contributed by atoms with Gasteiger partial charge in [0.25, 0.3) is 0 Å². The molecule has 0 aromatic heterocycles. The number of rotatable bonds is 2. The average Bonchev–Trinajstić information content (AvgIpc) is 2.41. The zero-order valence-corrected chi connectivity index (χ0v) is 10.8. The number of aliphatic hydroxyl groups excluding tert-OH is 1. The van der Waals surface area contributed by atoms with E-state index < -0.39 is 12.1 Å². The third-order valence-corrected chi connectivity index (χ3v) is 3.24. The molecular formula is C12H13ClO5. The topological polar surface area (TPSA) is 65.0 Å². The number of halogens is 1. The number of hydrogen-bond acceptors (Lipinski definition) is 5. The third kappa shape index (κ3) is 2.11. The molecule has 1 atom stereocenters. The highest BCUT2D eigenvalue weighted by atomic mass is 35.5. The number of fused-ring (bicyclic) bond motifs is 1. The van der Waals surface area contributed by atoms with Crippen LogP contribution in [-0.2, 0) is 9.53 Å². The number of ether oxygens (including phenoxy) is 3. The molecule has 0 fully saturated rings. The maximum Gasteiger partial charge on any atom is 0.339 e. The van der Waals surface area contributed by atoms with Gasteiger partial charge in [0.05, 0.1) is 12.1 Å². The maximum absolute atomic E-state index is 11.3. The van der Waals surface area contributed by atoms with E-state index in [9.17, 15) is 9.90 Å². The Hall–Kier alpha value is -1.46. The lowest BCUT2D eigenvalue weighted by molar-refractivity contribution is -0.150. The van der Waals surface area contributed by atoms with Crippen LogP contribution in [0.3, 0.4) is 0 Å². The number of carbonyl (C=O) groups excluding carboxylic acids is 1. The zero-order valence-electron chi connectivity index (χ0n) is 10.0. The molecule has 1 aromatic rings. The van der Waals surface area contributed by atoms with Crippen molar-refractivity contribution in [3.63, 3.8) is 0 Å². The summed E-state index contributed by atoms with van der Waals surface area (Å²) in [7, 11) is 1.20. The Morgan fingerprint density at radius 3 is 2.83 bits per heavy atom. The van der Waals surface area contributed by atoms with Crippen molar-refractivity contribution in [1.29, 1.82) is 0 Å². The molecule has 0 bridgehead atoms. The van der Waals surface area contributed by atoms with Gasteiger partial charge in [-0.1, -0.05) is 11.6 Å². The molecular weight excluding hydrogens is 260 g/mol. The molecule has 5 nitrogen and oxygen atoms in total. The van der Waals surface area contributed by atoms with Crippen molar-refractivity contribution in [1.82, 2.24) is 0 Å². The Kier molecular flexibility index (Phi) is 3.63. The maximum atomic E-state index is 11.3. The number of benzene rings is 1. The first kappa shape index (κ1) is 13.0. The molecule has 1 unspecified atom stereocenters. The second-order valence-electron chi connectivity index (χ2n) is 3.85. The molecule has 0 radical (unpaired) electrons. The Bertz CT molecular complexity index is 486. The fourth-order valence-electron chi connectivity index (χ4n) is 1.79. The zero-order chi connectivity index (χ0) is 13.3. The van der Waals surface area contributed by atoms with Crippen LogP contribution in [0.2, 0.25) is 5.02 Å². The summed E-state index contributed by atoms with van der Waals surface area (Å²) in [4.78, 5) is 11.3. The standard InChI is InChI=1S/C12H13ClO5/c1-6-9(13)7(10(14)12(15)16-2)5-8-11(6)18-4-3-17-8/h5,10,14H,3-4H2,1-2H3. The molecule has 98 valence electrons. The fraction of sp³-hybridized carbons (Fsp3) is 0.417. The molecule has 0 spiro atoms. The molecule has 0 saturated heterocycles. The molecule has 1 aromatic carbocycles. The number of carbonyl (C=O) groups is 1. The van der Waals surface area contributed by atoms with Crippen LogP contribution in [0.1, 0.15) is 17.2 Å². The molecule has 0 amide bonds. The first-order valence-electron chi connectivity index (χ1n) is 5.40. The van der Waals surface area contributed by atoms with Crippen molar-refractivity contribution in [2.45, 2.75) is 13.0 Å². The van der Waals surface area contributed by atoms with Crippen LogP contribution in [-0.4, -0.2) is 31.4 Å². The van der Waals surface area contributed by atoms with Gasteiger partial charge < -0.3 is 19.3 Å². The van der Waals surface area contributed by atoms with Crippen LogP contribution in [0.4, 0.5) is 0 Å². The summed E-state index contributed by atoms with van der Waals surface area (Å²) in [6.45, 7) is 2.61. The van der Waals surface area contributed by atoms with Crippen molar-refractivity contribution in [3.05, 3.63) is 22.2 Å². The van der Waals surface area contributed by atoms with E-state index in [1.165, 1.54) is 13.2 Å². The molecule has 1 aliphatic rings. The van der Waals surface area contributed by atoms with Crippen LogP contribution < -0.4 is 9.47 Å². The van der Waals surface area contributed by atoms with Gasteiger partial charge in [0.2, 0.25) is 0 Å². The van der Waals surface area contributed by atoms with E-state index in [0.29, 0.717) is 30.3 Å². The van der Waals surface area contributed by atoms with E-state index in [0.717, 1.165) is 0 Å². The number of hydrogen-bond donors (Lipinski definition) is 1. The van der Waals surface area contributed by atoms with Crippen LogP contribution in [0, 0.1) is 6.92 Å². The lowest BCUT2D eigenvalue weighted by Crippen LogP contribution is -2.19. The predicted octanol–water partition coefficient (Wildman–Crippen LogP) is 1.63. The summed E-state index contributed by atoms with van der Waals surface area (Å²) in [5, 5.41) is 10.1. The minimum atomic E-state index is -1.43. The molecule has 1 N–H and O–H groups in total. The van der Waals surface area contributed by atoms with Gasteiger partial charge in [0, 0.05) is 11.1 Å². The molecule has 2 rings (SSSR count). The first-order valence-corrected chi connectivity index (χ1v) is 5.78.